The van der Waals surface area contributed by atoms with Crippen molar-refractivity contribution in [2.24, 2.45) is 22.9 Å². The number of allylic oxidation sites excluding steroid dienone is 1. The van der Waals surface area contributed by atoms with E-state index in [9.17, 15) is 20.3 Å². The number of carbonyl (C=O) groups excluding carboxylic acids is 1. The van der Waals surface area contributed by atoms with E-state index in [2.05, 4.69) is 24.8 Å². The van der Waals surface area contributed by atoms with E-state index in [1.54, 1.807) is 54.1 Å². The molecule has 6 atom stereocenters. The number of oxime groups is 1. The summed E-state index contributed by atoms with van der Waals surface area (Å²) in [5.41, 5.74) is 4.50. The van der Waals surface area contributed by atoms with Gasteiger partial charge in [0.05, 0.1) is 29.9 Å². The summed E-state index contributed by atoms with van der Waals surface area (Å²) in [6.07, 6.45) is 11.0. The van der Waals surface area contributed by atoms with Crippen LogP contribution in [-0.2, 0) is 16.2 Å². The molecule has 6 unspecified atom stereocenters. The number of benzene rings is 4. The van der Waals surface area contributed by atoms with Crippen LogP contribution < -0.4 is 9.47 Å². The Balaban J connectivity index is 1.41. The number of aliphatic hydroxyl groups is 2. The molecule has 61 heavy (non-hydrogen) atoms. The summed E-state index contributed by atoms with van der Waals surface area (Å²) >= 11 is 1.67. The fourth-order valence-corrected chi connectivity index (χ4v) is 9.77. The van der Waals surface area contributed by atoms with Gasteiger partial charge < -0.3 is 34.2 Å². The Morgan fingerprint density at radius 1 is 0.984 bits per heavy atom. The van der Waals surface area contributed by atoms with Crippen LogP contribution in [0.1, 0.15) is 77.9 Å². The number of unbranched alkanes of at least 4 members (excludes halogenated alkanes) is 2. The number of nitrogens with zero attached hydrogens (tertiary/aromatic N) is 3. The molecule has 0 bridgehead atoms. The minimum atomic E-state index is -1.39. The number of hydrogen-bond donors (Lipinski definition) is 2. The largest absolute Gasteiger partial charge is 0.459 e. The average molecular weight is 842 g/mol. The standard InChI is InChI=1S/C50H55N3O7S/c1-4-28-57-50-46(53(2)49(56)36-18-16-34(32-51)17-19-36)31-44(52-58-33-35-12-6-5-7-13-35)42-29-37(14-8-10-26-54)41(15-9-11-27-55)47(48(42)50)43-30-39(22-25-45(43)60-50)59-38-20-23-40(61-3)24-21-38/h4-7,12-13,16-25,29-30,37,41,46-48,54-55H,1,8-11,14-15,26-28,31,33H2,2-3H3. The van der Waals surface area contributed by atoms with Crippen molar-refractivity contribution in [3.05, 3.63) is 144 Å². The molecule has 1 saturated carbocycles. The average Bonchev–Trinajstić information content (AvgIpc) is 3.30. The van der Waals surface area contributed by atoms with Crippen molar-refractivity contribution < 1.29 is 34.1 Å². The highest BCUT2D eigenvalue weighted by molar-refractivity contribution is 7.98. The predicted octanol–water partition coefficient (Wildman–Crippen LogP) is 9.68. The lowest BCUT2D eigenvalue weighted by Gasteiger charge is -2.59. The van der Waals surface area contributed by atoms with Gasteiger partial charge in [-0.05, 0) is 122 Å². The number of nitriles is 1. The highest BCUT2D eigenvalue weighted by atomic mass is 32.2. The molecule has 1 fully saturated rings. The fraction of sp³-hybridized carbons (Fsp3) is 0.380. The summed E-state index contributed by atoms with van der Waals surface area (Å²) in [5.74, 6) is -0.135. The van der Waals surface area contributed by atoms with Gasteiger partial charge in [-0.15, -0.1) is 18.3 Å². The van der Waals surface area contributed by atoms with Gasteiger partial charge in [0.25, 0.3) is 5.91 Å². The first-order valence-corrected chi connectivity index (χ1v) is 22.4. The van der Waals surface area contributed by atoms with Crippen molar-refractivity contribution in [1.82, 2.24) is 4.90 Å². The zero-order chi connectivity index (χ0) is 42.8. The lowest BCUT2D eigenvalue weighted by atomic mass is 9.55. The third kappa shape index (κ3) is 9.58. The second-order valence-electron chi connectivity index (χ2n) is 15.9. The van der Waals surface area contributed by atoms with Gasteiger partial charge in [-0.2, -0.15) is 5.26 Å². The summed E-state index contributed by atoms with van der Waals surface area (Å²) in [7, 11) is 1.77. The summed E-state index contributed by atoms with van der Waals surface area (Å²) in [5, 5.41) is 34.3. The van der Waals surface area contributed by atoms with Crippen molar-refractivity contribution in [2.75, 3.05) is 33.1 Å². The van der Waals surface area contributed by atoms with Crippen LogP contribution in [0.5, 0.6) is 17.2 Å². The molecule has 1 amide bonds. The summed E-state index contributed by atoms with van der Waals surface area (Å²) in [4.78, 5) is 23.6. The molecule has 11 heteroatoms. The number of rotatable bonds is 19. The van der Waals surface area contributed by atoms with E-state index < -0.39 is 17.7 Å². The fourth-order valence-electron chi connectivity index (χ4n) is 9.36. The number of carbonyl (C=O) groups is 1. The Bertz CT molecular complexity index is 2220. The monoisotopic (exact) mass is 841 g/mol. The Morgan fingerprint density at radius 3 is 2.39 bits per heavy atom. The third-order valence-electron chi connectivity index (χ3n) is 12.2. The highest BCUT2D eigenvalue weighted by Gasteiger charge is 2.65. The first-order chi connectivity index (χ1) is 29.8. The Kier molecular flexibility index (Phi) is 14.7. The van der Waals surface area contributed by atoms with Crippen LogP contribution in [-0.4, -0.2) is 71.7 Å². The quantitative estimate of drug-likeness (QED) is 0.0410. The number of amides is 1. The Hall–Kier alpha value is -5.38. The molecule has 0 saturated heterocycles. The van der Waals surface area contributed by atoms with E-state index in [0.29, 0.717) is 41.2 Å². The van der Waals surface area contributed by atoms with E-state index in [1.165, 1.54) is 0 Å². The topological polar surface area (TPSA) is 134 Å². The molecule has 7 rings (SSSR count). The molecule has 318 valence electrons. The van der Waals surface area contributed by atoms with Gasteiger partial charge in [-0.25, -0.2) is 0 Å². The molecule has 0 radical (unpaired) electrons. The SMILES string of the molecule is C=CCOC12Oc3ccc(Oc4ccc(SC)cc4)cc3C3C(CCCCO)C(CCCCO)C=C(C(=NOCc4ccccc4)CC1N(C)C(=O)c1ccc(C#N)cc1)C32. The molecule has 4 aromatic rings. The molecule has 0 spiro atoms. The number of fused-ring (bicyclic) bond motifs is 2. The minimum absolute atomic E-state index is 0.0641. The van der Waals surface area contributed by atoms with Crippen LogP contribution in [0.15, 0.2) is 131 Å². The zero-order valence-corrected chi connectivity index (χ0v) is 35.8. The lowest BCUT2D eigenvalue weighted by molar-refractivity contribution is -0.252. The Labute approximate surface area is 363 Å². The van der Waals surface area contributed by atoms with Crippen LogP contribution in [0.2, 0.25) is 0 Å². The van der Waals surface area contributed by atoms with E-state index in [-0.39, 0.29) is 56.5 Å². The molecular formula is C50H55N3O7S. The van der Waals surface area contributed by atoms with E-state index in [4.69, 9.17) is 24.2 Å². The number of aliphatic hydroxyl groups excluding tert-OH is 2. The van der Waals surface area contributed by atoms with E-state index in [0.717, 1.165) is 53.0 Å². The van der Waals surface area contributed by atoms with Gasteiger partial charge in [-0.3, -0.25) is 4.79 Å². The number of thioether (sulfide) groups is 1. The maximum Gasteiger partial charge on any atom is 0.254 e. The molecule has 2 N–H and O–H groups in total. The van der Waals surface area contributed by atoms with Gasteiger partial charge >= 0.3 is 0 Å². The highest BCUT2D eigenvalue weighted by Crippen LogP contribution is 2.62. The molecule has 3 aliphatic rings. The number of hydrogen-bond acceptors (Lipinski definition) is 10. The van der Waals surface area contributed by atoms with Crippen molar-refractivity contribution >= 4 is 23.4 Å². The summed E-state index contributed by atoms with van der Waals surface area (Å²) in [6.45, 7) is 4.64. The van der Waals surface area contributed by atoms with Crippen LogP contribution in [0.25, 0.3) is 0 Å². The van der Waals surface area contributed by atoms with Crippen LogP contribution in [0.4, 0.5) is 0 Å². The smallest absolute Gasteiger partial charge is 0.254 e. The lowest BCUT2D eigenvalue weighted by Crippen LogP contribution is -2.69. The van der Waals surface area contributed by atoms with Gasteiger partial charge in [0, 0.05) is 48.6 Å². The maximum absolute atomic E-state index is 14.6. The number of likely N-dealkylation sites (N-methyl/N-ethyl adjacent to an activating group) is 1. The van der Waals surface area contributed by atoms with Crippen LogP contribution in [0, 0.1) is 29.1 Å². The first-order valence-electron chi connectivity index (χ1n) is 21.2. The predicted molar refractivity (Wildman–Crippen MR) is 238 cm³/mol. The summed E-state index contributed by atoms with van der Waals surface area (Å²) < 4.78 is 20.9. The molecule has 10 nitrogen and oxygen atoms in total. The van der Waals surface area contributed by atoms with Gasteiger partial charge in [0.15, 0.2) is 0 Å². The van der Waals surface area contributed by atoms with E-state index >= 15 is 0 Å². The normalized spacial score (nSPS) is 23.1. The minimum Gasteiger partial charge on any atom is -0.459 e. The second-order valence-corrected chi connectivity index (χ2v) is 16.8. The van der Waals surface area contributed by atoms with Crippen molar-refractivity contribution in [3.8, 4) is 23.3 Å². The third-order valence-corrected chi connectivity index (χ3v) is 13.0. The van der Waals surface area contributed by atoms with Crippen LogP contribution in [0.3, 0.4) is 0 Å². The zero-order valence-electron chi connectivity index (χ0n) is 34.9. The Morgan fingerprint density at radius 2 is 1.70 bits per heavy atom. The van der Waals surface area contributed by atoms with Crippen molar-refractivity contribution in [2.45, 2.75) is 74.2 Å². The molecule has 1 heterocycles. The van der Waals surface area contributed by atoms with Gasteiger partial charge in [0.2, 0.25) is 5.79 Å². The molecular weight excluding hydrogens is 787 g/mol. The van der Waals surface area contributed by atoms with Crippen molar-refractivity contribution in [3.63, 3.8) is 0 Å². The first kappa shape index (κ1) is 43.7. The van der Waals surface area contributed by atoms with Gasteiger partial charge in [0.1, 0.15) is 29.9 Å². The second kappa shape index (κ2) is 20.5. The summed E-state index contributed by atoms with van der Waals surface area (Å²) in [6, 6.07) is 31.9. The van der Waals surface area contributed by atoms with Gasteiger partial charge in [-0.1, -0.05) is 60.5 Å². The van der Waals surface area contributed by atoms with Crippen molar-refractivity contribution in [1.29, 1.82) is 5.26 Å². The number of ether oxygens (including phenoxy) is 3. The molecule has 4 aromatic carbocycles. The maximum atomic E-state index is 14.6. The molecule has 2 aliphatic carbocycles. The molecule has 0 aromatic heterocycles. The van der Waals surface area contributed by atoms with Crippen LogP contribution >= 0.6 is 11.8 Å². The van der Waals surface area contributed by atoms with E-state index in [1.807, 2.05) is 73.0 Å². The molecule has 1 aliphatic heterocycles.